The Morgan fingerprint density at radius 2 is 1.89 bits per heavy atom. The Morgan fingerprint density at radius 1 is 1.18 bits per heavy atom. The van der Waals surface area contributed by atoms with E-state index in [0.717, 1.165) is 0 Å². The lowest BCUT2D eigenvalue weighted by Crippen LogP contribution is -2.58. The summed E-state index contributed by atoms with van der Waals surface area (Å²) in [5.41, 5.74) is -2.18. The molecule has 0 aromatic heterocycles. The fraction of sp³-hybridized carbons (Fsp3) is 0.950. The van der Waals surface area contributed by atoms with Gasteiger partial charge in [0, 0.05) is 5.92 Å². The number of aliphatic hydroxyl groups excluding tert-OH is 3. The van der Waals surface area contributed by atoms with Crippen molar-refractivity contribution in [2.75, 3.05) is 6.61 Å². The summed E-state index contributed by atoms with van der Waals surface area (Å²) in [4.78, 5) is 12.7. The van der Waals surface area contributed by atoms with Crippen LogP contribution in [-0.4, -0.2) is 71.0 Å². The quantitative estimate of drug-likeness (QED) is 0.564. The highest BCUT2D eigenvalue weighted by Crippen LogP contribution is 2.76. The van der Waals surface area contributed by atoms with Crippen LogP contribution in [-0.2, 0) is 23.7 Å². The zero-order valence-electron chi connectivity index (χ0n) is 16.7. The molecule has 4 saturated heterocycles. The summed E-state index contributed by atoms with van der Waals surface area (Å²) >= 11 is 0. The molecule has 8 heteroatoms. The number of carbonyl (C=O) groups excluding carboxylic acids is 1. The average Bonchev–Trinajstić information content (AvgIpc) is 3.30. The summed E-state index contributed by atoms with van der Waals surface area (Å²) < 4.78 is 23.3. The minimum atomic E-state index is -1.39. The van der Waals surface area contributed by atoms with Crippen molar-refractivity contribution in [1.29, 1.82) is 0 Å². The van der Waals surface area contributed by atoms with Crippen molar-refractivity contribution in [3.05, 3.63) is 0 Å². The molecule has 1 spiro atoms. The van der Waals surface area contributed by atoms with Gasteiger partial charge < -0.3 is 34.3 Å². The smallest absolute Gasteiger partial charge is 0.336 e. The maximum Gasteiger partial charge on any atom is 0.336 e. The summed E-state index contributed by atoms with van der Waals surface area (Å²) in [6, 6.07) is 0. The highest BCUT2D eigenvalue weighted by atomic mass is 16.8. The molecule has 8 nitrogen and oxygen atoms in total. The summed E-state index contributed by atoms with van der Waals surface area (Å²) in [5.74, 6) is -0.590. The lowest BCUT2D eigenvalue weighted by atomic mass is 9.53. The molecule has 0 aromatic carbocycles. The van der Waals surface area contributed by atoms with Crippen LogP contribution < -0.4 is 0 Å². The predicted molar refractivity (Wildman–Crippen MR) is 93.6 cm³/mol. The van der Waals surface area contributed by atoms with Crippen LogP contribution in [0.2, 0.25) is 0 Å². The van der Waals surface area contributed by atoms with E-state index >= 15 is 0 Å². The molecule has 28 heavy (non-hydrogen) atoms. The van der Waals surface area contributed by atoms with Crippen LogP contribution in [0.1, 0.15) is 40.5 Å². The van der Waals surface area contributed by atoms with Gasteiger partial charge in [-0.3, -0.25) is 0 Å². The minimum Gasteiger partial charge on any atom is -0.460 e. The summed E-state index contributed by atoms with van der Waals surface area (Å²) in [5, 5.41) is 32.3. The van der Waals surface area contributed by atoms with E-state index in [1.807, 2.05) is 6.92 Å². The molecule has 11 atom stereocenters. The number of carbonyl (C=O) groups is 1. The van der Waals surface area contributed by atoms with Crippen molar-refractivity contribution in [3.63, 3.8) is 0 Å². The van der Waals surface area contributed by atoms with E-state index in [-0.39, 0.29) is 17.3 Å². The number of rotatable bonds is 2. The third-order valence-corrected chi connectivity index (χ3v) is 8.14. The monoisotopic (exact) mass is 398 g/mol. The fourth-order valence-electron chi connectivity index (χ4n) is 7.02. The average molecular weight is 398 g/mol. The van der Waals surface area contributed by atoms with Gasteiger partial charge in [-0.15, -0.1) is 0 Å². The van der Waals surface area contributed by atoms with Gasteiger partial charge in [-0.25, -0.2) is 4.79 Å². The molecule has 1 saturated carbocycles. The first-order valence-electron chi connectivity index (χ1n) is 10.2. The third kappa shape index (κ3) is 1.99. The van der Waals surface area contributed by atoms with Crippen molar-refractivity contribution < 1.29 is 39.1 Å². The Labute approximate surface area is 164 Å². The van der Waals surface area contributed by atoms with Crippen molar-refractivity contribution in [2.24, 2.45) is 28.1 Å². The van der Waals surface area contributed by atoms with Gasteiger partial charge in [0.05, 0.1) is 29.6 Å². The summed E-state index contributed by atoms with van der Waals surface area (Å²) in [6.07, 6.45) is -5.18. The number of hydrogen-bond donors (Lipinski definition) is 3. The molecule has 1 aliphatic carbocycles. The van der Waals surface area contributed by atoms with Crippen LogP contribution in [0.4, 0.5) is 0 Å². The molecule has 6 unspecified atom stereocenters. The van der Waals surface area contributed by atoms with E-state index in [2.05, 4.69) is 20.8 Å². The van der Waals surface area contributed by atoms with Crippen molar-refractivity contribution in [2.45, 2.75) is 83.6 Å². The van der Waals surface area contributed by atoms with Gasteiger partial charge in [0.25, 0.3) is 0 Å². The number of esters is 1. The lowest BCUT2D eigenvalue weighted by Gasteiger charge is -2.48. The van der Waals surface area contributed by atoms with E-state index in [1.165, 1.54) is 0 Å². The highest BCUT2D eigenvalue weighted by Gasteiger charge is 2.87. The first-order chi connectivity index (χ1) is 13.0. The fourth-order valence-corrected chi connectivity index (χ4v) is 7.02. The largest absolute Gasteiger partial charge is 0.460 e. The molecule has 4 aliphatic heterocycles. The normalized spacial score (nSPS) is 57.5. The topological polar surface area (TPSA) is 115 Å². The highest BCUT2D eigenvalue weighted by molar-refractivity contribution is 5.80. The first kappa shape index (κ1) is 19.2. The van der Waals surface area contributed by atoms with Crippen LogP contribution >= 0.6 is 0 Å². The predicted octanol–water partition coefficient (Wildman–Crippen LogP) is 0.171. The SMILES string of the molecule is C[C@@H]1COC(CC23C4C[C@@H](C(C)(C)C)C25C(OC3C(=O)O4)O[C@H](O)[C@@H]5O)[C@@H]1O. The maximum absolute atomic E-state index is 12.7. The lowest BCUT2D eigenvalue weighted by molar-refractivity contribution is -0.208. The van der Waals surface area contributed by atoms with Crippen molar-refractivity contribution >= 4 is 5.97 Å². The molecule has 3 N–H and O–H groups in total. The summed E-state index contributed by atoms with van der Waals surface area (Å²) in [7, 11) is 0. The Balaban J connectivity index is 1.67. The zero-order chi connectivity index (χ0) is 20.2. The second-order valence-corrected chi connectivity index (χ2v) is 10.4. The van der Waals surface area contributed by atoms with Crippen LogP contribution in [0.5, 0.6) is 0 Å². The van der Waals surface area contributed by atoms with Gasteiger partial charge in [-0.05, 0) is 24.2 Å². The number of ether oxygens (including phenoxy) is 4. The van der Waals surface area contributed by atoms with Gasteiger partial charge >= 0.3 is 5.97 Å². The van der Waals surface area contributed by atoms with Gasteiger partial charge in [-0.1, -0.05) is 27.7 Å². The molecule has 0 amide bonds. The van der Waals surface area contributed by atoms with Crippen molar-refractivity contribution in [1.82, 2.24) is 0 Å². The zero-order valence-corrected chi connectivity index (χ0v) is 16.7. The Kier molecular flexibility index (Phi) is 3.89. The van der Waals surface area contributed by atoms with Gasteiger partial charge in [0.15, 0.2) is 18.7 Å². The van der Waals surface area contributed by atoms with E-state index in [0.29, 0.717) is 19.4 Å². The second-order valence-electron chi connectivity index (χ2n) is 10.4. The van der Waals surface area contributed by atoms with Crippen LogP contribution in [0.15, 0.2) is 0 Å². The molecular formula is C20H30O8. The molecule has 4 heterocycles. The van der Waals surface area contributed by atoms with E-state index < -0.39 is 59.9 Å². The Morgan fingerprint density at radius 3 is 2.50 bits per heavy atom. The van der Waals surface area contributed by atoms with E-state index in [1.54, 1.807) is 0 Å². The summed E-state index contributed by atoms with van der Waals surface area (Å²) in [6.45, 7) is 8.59. The van der Waals surface area contributed by atoms with E-state index in [9.17, 15) is 20.1 Å². The van der Waals surface area contributed by atoms with Gasteiger partial charge in [0.1, 0.15) is 12.2 Å². The maximum atomic E-state index is 12.7. The molecule has 0 bridgehead atoms. The number of hydrogen-bond acceptors (Lipinski definition) is 8. The third-order valence-electron chi connectivity index (χ3n) is 8.14. The molecule has 5 fully saturated rings. The standard InChI is InChI=1S/C20H30O8/c1-8-7-25-9(12(8)21)6-19-11-5-10(18(2,3)4)20(19)13(22)15(23)28-17(20)27-14(19)16(24)26-11/h8-15,17,21-23H,5-7H2,1-4H3/t8-,9?,10+,11?,12-,13+,14?,15+,17?,19?,20?/m1/s1. The van der Waals surface area contributed by atoms with Crippen LogP contribution in [0, 0.1) is 28.1 Å². The molecule has 0 aromatic rings. The van der Waals surface area contributed by atoms with Gasteiger partial charge in [-0.2, -0.15) is 0 Å². The van der Waals surface area contributed by atoms with Gasteiger partial charge in [0.2, 0.25) is 0 Å². The Hall–Kier alpha value is -0.770. The molecule has 5 rings (SSSR count). The molecule has 0 radical (unpaired) electrons. The van der Waals surface area contributed by atoms with E-state index in [4.69, 9.17) is 18.9 Å². The molecule has 158 valence electrons. The van der Waals surface area contributed by atoms with Crippen LogP contribution in [0.3, 0.4) is 0 Å². The Bertz CT molecular complexity index is 690. The van der Waals surface area contributed by atoms with Crippen LogP contribution in [0.25, 0.3) is 0 Å². The molecule has 5 aliphatic rings. The molecular weight excluding hydrogens is 368 g/mol. The first-order valence-corrected chi connectivity index (χ1v) is 10.2. The van der Waals surface area contributed by atoms with Crippen molar-refractivity contribution in [3.8, 4) is 0 Å². The second kappa shape index (κ2) is 5.68. The number of aliphatic hydroxyl groups is 3. The minimum absolute atomic E-state index is 0.0140.